The second-order valence-corrected chi connectivity index (χ2v) is 4.22. The highest BCUT2D eigenvalue weighted by Gasteiger charge is 2.25. The highest BCUT2D eigenvalue weighted by molar-refractivity contribution is 5.69. The maximum absolute atomic E-state index is 10.8. The Labute approximate surface area is 94.0 Å². The molecule has 0 amide bonds. The van der Waals surface area contributed by atoms with E-state index < -0.39 is 5.97 Å². The lowest BCUT2D eigenvalue weighted by Crippen LogP contribution is -2.36. The van der Waals surface area contributed by atoms with Crippen LogP contribution in [0.25, 0.3) is 0 Å². The van der Waals surface area contributed by atoms with Crippen LogP contribution in [-0.4, -0.2) is 33.7 Å². The van der Waals surface area contributed by atoms with Crippen molar-refractivity contribution >= 4 is 5.97 Å². The minimum Gasteiger partial charge on any atom is -0.480 e. The first-order chi connectivity index (χ1) is 7.75. The van der Waals surface area contributed by atoms with Gasteiger partial charge in [-0.3, -0.25) is 9.69 Å². The van der Waals surface area contributed by atoms with Crippen molar-refractivity contribution in [3.63, 3.8) is 0 Å². The summed E-state index contributed by atoms with van der Waals surface area (Å²) in [5.41, 5.74) is 0. The van der Waals surface area contributed by atoms with Crippen LogP contribution in [-0.2, 0) is 11.3 Å². The molecular formula is C11H16N2O3. The molecule has 5 heteroatoms. The number of nitrogens with zero attached hydrogens (tertiary/aromatic N) is 2. The van der Waals surface area contributed by atoms with Crippen molar-refractivity contribution in [2.45, 2.75) is 38.3 Å². The molecule has 1 aliphatic carbocycles. The standard InChI is InChI=1S/C11H16N2O3/c14-11(15)8-13(9-3-1-2-4-9)7-10-5-6-12-16-10/h5-6,9H,1-4,7-8H2,(H,14,15). The van der Waals surface area contributed by atoms with Crippen LogP contribution in [0.1, 0.15) is 31.4 Å². The Morgan fingerprint density at radius 1 is 1.56 bits per heavy atom. The van der Waals surface area contributed by atoms with Gasteiger partial charge in [0.2, 0.25) is 0 Å². The van der Waals surface area contributed by atoms with E-state index in [1.165, 1.54) is 12.8 Å². The lowest BCUT2D eigenvalue weighted by molar-refractivity contribution is -0.139. The Morgan fingerprint density at radius 2 is 2.31 bits per heavy atom. The summed E-state index contributed by atoms with van der Waals surface area (Å²) in [5.74, 6) is -0.0560. The van der Waals surface area contributed by atoms with E-state index in [1.807, 2.05) is 4.90 Å². The zero-order chi connectivity index (χ0) is 11.4. The van der Waals surface area contributed by atoms with Crippen LogP contribution >= 0.6 is 0 Å². The monoisotopic (exact) mass is 224 g/mol. The SMILES string of the molecule is O=C(O)CN(Cc1ccno1)C1CCCC1. The van der Waals surface area contributed by atoms with E-state index in [9.17, 15) is 4.79 Å². The maximum Gasteiger partial charge on any atom is 0.317 e. The molecule has 5 nitrogen and oxygen atoms in total. The Kier molecular flexibility index (Phi) is 3.56. The smallest absolute Gasteiger partial charge is 0.317 e. The Bertz CT molecular complexity index is 331. The van der Waals surface area contributed by atoms with Gasteiger partial charge < -0.3 is 9.63 Å². The Morgan fingerprint density at radius 3 is 2.88 bits per heavy atom. The summed E-state index contributed by atoms with van der Waals surface area (Å²) in [7, 11) is 0. The molecule has 0 spiro atoms. The summed E-state index contributed by atoms with van der Waals surface area (Å²) in [6.07, 6.45) is 6.14. The van der Waals surface area contributed by atoms with Crippen molar-refractivity contribution in [3.05, 3.63) is 18.0 Å². The van der Waals surface area contributed by atoms with Gasteiger partial charge in [-0.2, -0.15) is 0 Å². The molecule has 0 aromatic carbocycles. The van der Waals surface area contributed by atoms with E-state index in [2.05, 4.69) is 5.16 Å². The molecule has 1 aliphatic rings. The topological polar surface area (TPSA) is 66.6 Å². The number of hydrogen-bond donors (Lipinski definition) is 1. The summed E-state index contributed by atoms with van der Waals surface area (Å²) in [4.78, 5) is 12.8. The molecule has 0 bridgehead atoms. The normalized spacial score (nSPS) is 17.1. The van der Waals surface area contributed by atoms with Gasteiger partial charge in [0.25, 0.3) is 0 Å². The Hall–Kier alpha value is -1.36. The number of carboxylic acid groups (broad SMARTS) is 1. The van der Waals surface area contributed by atoms with E-state index in [-0.39, 0.29) is 6.54 Å². The second kappa shape index (κ2) is 5.12. The van der Waals surface area contributed by atoms with E-state index in [4.69, 9.17) is 9.63 Å². The minimum atomic E-state index is -0.786. The van der Waals surface area contributed by atoms with Crippen molar-refractivity contribution in [2.24, 2.45) is 0 Å². The summed E-state index contributed by atoms with van der Waals surface area (Å²) in [6.45, 7) is 0.613. The number of carboxylic acids is 1. The van der Waals surface area contributed by atoms with Gasteiger partial charge in [-0.05, 0) is 12.8 Å². The largest absolute Gasteiger partial charge is 0.480 e. The lowest BCUT2D eigenvalue weighted by Gasteiger charge is -2.25. The van der Waals surface area contributed by atoms with Crippen LogP contribution < -0.4 is 0 Å². The molecule has 1 aromatic rings. The van der Waals surface area contributed by atoms with E-state index in [0.29, 0.717) is 12.6 Å². The molecular weight excluding hydrogens is 208 g/mol. The molecule has 16 heavy (non-hydrogen) atoms. The molecule has 88 valence electrons. The average Bonchev–Trinajstić information content (AvgIpc) is 2.88. The number of aromatic nitrogens is 1. The first-order valence-corrected chi connectivity index (χ1v) is 5.61. The van der Waals surface area contributed by atoms with Crippen molar-refractivity contribution in [1.29, 1.82) is 0 Å². The summed E-state index contributed by atoms with van der Waals surface area (Å²) < 4.78 is 5.02. The number of carbonyl (C=O) groups is 1. The van der Waals surface area contributed by atoms with Crippen LogP contribution in [0.3, 0.4) is 0 Å². The van der Waals surface area contributed by atoms with E-state index in [0.717, 1.165) is 18.6 Å². The summed E-state index contributed by atoms with van der Waals surface area (Å²) in [6, 6.07) is 2.16. The predicted octanol–water partition coefficient (Wildman–Crippen LogP) is 1.50. The van der Waals surface area contributed by atoms with Gasteiger partial charge in [0.1, 0.15) is 0 Å². The molecule has 1 N–H and O–H groups in total. The fourth-order valence-electron chi connectivity index (χ4n) is 2.28. The van der Waals surface area contributed by atoms with Gasteiger partial charge in [0.05, 0.1) is 19.3 Å². The van der Waals surface area contributed by atoms with Gasteiger partial charge in [0, 0.05) is 12.1 Å². The minimum absolute atomic E-state index is 0.0748. The molecule has 2 rings (SSSR count). The van der Waals surface area contributed by atoms with Crippen molar-refractivity contribution < 1.29 is 14.4 Å². The molecule has 0 atom stereocenters. The van der Waals surface area contributed by atoms with Crippen LogP contribution in [0.2, 0.25) is 0 Å². The maximum atomic E-state index is 10.8. The van der Waals surface area contributed by atoms with Gasteiger partial charge in [-0.15, -0.1) is 0 Å². The van der Waals surface area contributed by atoms with Crippen LogP contribution in [0.15, 0.2) is 16.8 Å². The predicted molar refractivity (Wildman–Crippen MR) is 56.8 cm³/mol. The molecule has 0 radical (unpaired) electrons. The van der Waals surface area contributed by atoms with Gasteiger partial charge >= 0.3 is 5.97 Å². The third-order valence-corrected chi connectivity index (χ3v) is 3.03. The summed E-state index contributed by atoms with van der Waals surface area (Å²) in [5, 5.41) is 12.5. The molecule has 1 fully saturated rings. The van der Waals surface area contributed by atoms with Gasteiger partial charge in [-0.25, -0.2) is 0 Å². The fourth-order valence-corrected chi connectivity index (χ4v) is 2.28. The van der Waals surface area contributed by atoms with Crippen LogP contribution in [0.4, 0.5) is 0 Å². The number of aliphatic carboxylic acids is 1. The second-order valence-electron chi connectivity index (χ2n) is 4.22. The third-order valence-electron chi connectivity index (χ3n) is 3.03. The lowest BCUT2D eigenvalue weighted by atomic mass is 10.2. The molecule has 1 heterocycles. The average molecular weight is 224 g/mol. The molecule has 0 saturated heterocycles. The van der Waals surface area contributed by atoms with Gasteiger partial charge in [0.15, 0.2) is 5.76 Å². The van der Waals surface area contributed by atoms with E-state index in [1.54, 1.807) is 12.3 Å². The van der Waals surface area contributed by atoms with E-state index >= 15 is 0 Å². The fraction of sp³-hybridized carbons (Fsp3) is 0.636. The highest BCUT2D eigenvalue weighted by Crippen LogP contribution is 2.24. The third kappa shape index (κ3) is 2.82. The number of hydrogen-bond acceptors (Lipinski definition) is 4. The van der Waals surface area contributed by atoms with Crippen LogP contribution in [0.5, 0.6) is 0 Å². The van der Waals surface area contributed by atoms with Gasteiger partial charge in [-0.1, -0.05) is 18.0 Å². The first kappa shape index (κ1) is 11.1. The molecule has 0 unspecified atom stereocenters. The van der Waals surface area contributed by atoms with Crippen molar-refractivity contribution in [1.82, 2.24) is 10.1 Å². The van der Waals surface area contributed by atoms with Crippen LogP contribution in [0, 0.1) is 0 Å². The quantitative estimate of drug-likeness (QED) is 0.821. The van der Waals surface area contributed by atoms with Crippen molar-refractivity contribution in [3.8, 4) is 0 Å². The molecule has 1 aromatic heterocycles. The zero-order valence-corrected chi connectivity index (χ0v) is 9.13. The molecule has 0 aliphatic heterocycles. The first-order valence-electron chi connectivity index (χ1n) is 5.61. The zero-order valence-electron chi connectivity index (χ0n) is 9.13. The number of rotatable bonds is 5. The molecule has 1 saturated carbocycles. The van der Waals surface area contributed by atoms with Crippen molar-refractivity contribution in [2.75, 3.05) is 6.54 Å². The Balaban J connectivity index is 1.98. The highest BCUT2D eigenvalue weighted by atomic mass is 16.5. The summed E-state index contributed by atoms with van der Waals surface area (Å²) >= 11 is 0.